The number of carbonyl (C=O) groups excluding carboxylic acids is 1. The zero-order chi connectivity index (χ0) is 25.5. The van der Waals surface area contributed by atoms with Crippen molar-refractivity contribution in [3.05, 3.63) is 109 Å². The molecular formula is C29H26O5P2+2. The molecule has 4 aromatic carbocycles. The Hall–Kier alpha value is -3.33. The van der Waals surface area contributed by atoms with Crippen molar-refractivity contribution in [2.24, 2.45) is 0 Å². The number of Topliss-reactive ketones (excluding diaryl/α,β-unsaturated/α-hetero) is 1. The summed E-state index contributed by atoms with van der Waals surface area (Å²) in [5, 5.41) is 0.977. The zero-order valence-corrected chi connectivity index (χ0v) is 21.8. The van der Waals surface area contributed by atoms with Gasteiger partial charge < -0.3 is 0 Å². The molecule has 0 spiro atoms. The monoisotopic (exact) mass is 516 g/mol. The van der Waals surface area contributed by atoms with Crippen LogP contribution in [0.2, 0.25) is 0 Å². The molecule has 0 bridgehead atoms. The van der Waals surface area contributed by atoms with Crippen LogP contribution >= 0.6 is 16.1 Å². The first-order valence-electron chi connectivity index (χ1n) is 11.5. The van der Waals surface area contributed by atoms with Crippen molar-refractivity contribution in [1.29, 1.82) is 0 Å². The van der Waals surface area contributed by atoms with Gasteiger partial charge in [0.15, 0.2) is 18.0 Å². The van der Waals surface area contributed by atoms with Gasteiger partial charge in [0.2, 0.25) is 10.6 Å². The van der Waals surface area contributed by atoms with Crippen molar-refractivity contribution in [3.8, 4) is 22.3 Å². The van der Waals surface area contributed by atoms with Gasteiger partial charge in [-0.1, -0.05) is 60.7 Å². The predicted molar refractivity (Wildman–Crippen MR) is 144 cm³/mol. The maximum absolute atomic E-state index is 12.7. The van der Waals surface area contributed by atoms with Gasteiger partial charge in [0, 0.05) is 0 Å². The van der Waals surface area contributed by atoms with E-state index in [9.17, 15) is 13.9 Å². The fraction of sp³-hybridized carbons (Fsp3) is 0.138. The van der Waals surface area contributed by atoms with Crippen LogP contribution in [-0.2, 0) is 23.0 Å². The number of ketones is 1. The van der Waals surface area contributed by atoms with Gasteiger partial charge in [-0.05, 0) is 93.8 Å². The molecule has 0 saturated heterocycles. The van der Waals surface area contributed by atoms with Gasteiger partial charge in [0.1, 0.15) is 0 Å². The van der Waals surface area contributed by atoms with Crippen LogP contribution in [0, 0.1) is 0 Å². The summed E-state index contributed by atoms with van der Waals surface area (Å²) in [4.78, 5) is 12.7. The first kappa shape index (κ1) is 25.8. The molecule has 4 atom stereocenters. The molecule has 7 heteroatoms. The number of benzene rings is 4. The lowest BCUT2D eigenvalue weighted by Gasteiger charge is -2.07. The molecule has 4 unspecified atom stereocenters. The topological polar surface area (TPSA) is 69.7 Å². The largest absolute Gasteiger partial charge is 0.549 e. The molecule has 0 heterocycles. The minimum absolute atomic E-state index is 0.427. The number of carbonyl (C=O) groups is 1. The summed E-state index contributed by atoms with van der Waals surface area (Å²) in [6, 6.07) is 34.1. The van der Waals surface area contributed by atoms with Crippen LogP contribution in [0.4, 0.5) is 0 Å². The van der Waals surface area contributed by atoms with Gasteiger partial charge in [0.25, 0.3) is 0 Å². The summed E-state index contributed by atoms with van der Waals surface area (Å²) in [6.07, 6.45) is -1.97. The van der Waals surface area contributed by atoms with E-state index in [2.05, 4.69) is 0 Å². The maximum Gasteiger partial charge on any atom is 0.549 e. The minimum Gasteiger partial charge on any atom is -0.293 e. The van der Waals surface area contributed by atoms with Crippen LogP contribution in [0.1, 0.15) is 13.8 Å². The first-order chi connectivity index (χ1) is 17.4. The van der Waals surface area contributed by atoms with Gasteiger partial charge in [0.05, 0.1) is 0 Å². The molecule has 0 fully saturated rings. The summed E-state index contributed by atoms with van der Waals surface area (Å²) < 4.78 is 36.4. The fourth-order valence-electron chi connectivity index (χ4n) is 3.66. The molecule has 4 rings (SSSR count). The molecule has 0 saturated carbocycles. The standard InChI is InChI=1S/C29H26O5P2/c1-21(33-35(31)27-17-13-25(14-18-27)23-9-5-3-6-10-23)29(30)22(2)34-36(32)28-19-15-26(16-20-28)24-11-7-4-8-12-24/h3-22H,1-2H3/q+2. The highest BCUT2D eigenvalue weighted by Gasteiger charge is 2.36. The predicted octanol–water partition coefficient (Wildman–Crippen LogP) is 6.84. The molecule has 0 N–H and O–H groups in total. The summed E-state index contributed by atoms with van der Waals surface area (Å²) in [7, 11) is -4.49. The summed E-state index contributed by atoms with van der Waals surface area (Å²) in [5.41, 5.74) is 4.10. The normalized spacial score (nSPS) is 13.5. The quantitative estimate of drug-likeness (QED) is 0.216. The molecule has 180 valence electrons. The molecular weight excluding hydrogens is 490 g/mol. The lowest BCUT2D eigenvalue weighted by Crippen LogP contribution is -2.30. The van der Waals surface area contributed by atoms with Gasteiger partial charge in [-0.2, -0.15) is 0 Å². The Kier molecular flexibility index (Phi) is 8.64. The molecule has 0 aliphatic rings. The average Bonchev–Trinajstić information content (AvgIpc) is 2.93. The van der Waals surface area contributed by atoms with Crippen molar-refractivity contribution >= 4 is 32.4 Å². The number of hydrogen-bond donors (Lipinski definition) is 0. The van der Waals surface area contributed by atoms with Gasteiger partial charge in [-0.25, -0.2) is 0 Å². The van der Waals surface area contributed by atoms with Crippen LogP contribution in [0.15, 0.2) is 109 Å². The summed E-state index contributed by atoms with van der Waals surface area (Å²) in [5.74, 6) is -0.427. The zero-order valence-electron chi connectivity index (χ0n) is 20.0. The smallest absolute Gasteiger partial charge is 0.293 e. The second-order valence-electron chi connectivity index (χ2n) is 8.24. The molecule has 0 aromatic heterocycles. The maximum atomic E-state index is 12.7. The molecule has 0 radical (unpaired) electrons. The third-order valence-electron chi connectivity index (χ3n) is 5.68. The SMILES string of the molecule is CC(O[P+](=O)c1ccc(-c2ccccc2)cc1)C(=O)C(C)O[P+](=O)c1ccc(-c2ccccc2)cc1. The van der Waals surface area contributed by atoms with E-state index in [-0.39, 0.29) is 0 Å². The van der Waals surface area contributed by atoms with E-state index in [1.54, 1.807) is 24.3 Å². The molecule has 0 aliphatic heterocycles. The van der Waals surface area contributed by atoms with Crippen LogP contribution < -0.4 is 10.6 Å². The van der Waals surface area contributed by atoms with Crippen molar-refractivity contribution in [1.82, 2.24) is 0 Å². The highest BCUT2D eigenvalue weighted by Crippen LogP contribution is 2.30. The Morgan fingerprint density at radius 1 is 0.528 bits per heavy atom. The fourth-order valence-corrected chi connectivity index (χ4v) is 5.47. The van der Waals surface area contributed by atoms with Gasteiger partial charge >= 0.3 is 16.1 Å². The van der Waals surface area contributed by atoms with E-state index in [4.69, 9.17) is 9.05 Å². The Balaban J connectivity index is 1.32. The van der Waals surface area contributed by atoms with Crippen LogP contribution in [0.5, 0.6) is 0 Å². The molecule has 36 heavy (non-hydrogen) atoms. The van der Waals surface area contributed by atoms with Gasteiger partial charge in [-0.3, -0.25) is 4.79 Å². The van der Waals surface area contributed by atoms with Crippen molar-refractivity contribution in [3.63, 3.8) is 0 Å². The van der Waals surface area contributed by atoms with Crippen molar-refractivity contribution < 1.29 is 23.0 Å². The third kappa shape index (κ3) is 6.46. The van der Waals surface area contributed by atoms with Crippen LogP contribution in [0.25, 0.3) is 22.3 Å². The molecule has 4 aromatic rings. The molecule has 0 aliphatic carbocycles. The average molecular weight is 516 g/mol. The summed E-state index contributed by atoms with van der Waals surface area (Å²) >= 11 is 0. The number of rotatable bonds is 10. The number of hydrogen-bond acceptors (Lipinski definition) is 5. The first-order valence-corrected chi connectivity index (χ1v) is 13.9. The Labute approximate surface area is 212 Å². The minimum atomic E-state index is -2.24. The van der Waals surface area contributed by atoms with E-state index in [0.717, 1.165) is 22.3 Å². The Morgan fingerprint density at radius 2 is 0.833 bits per heavy atom. The molecule has 0 amide bonds. The molecule has 5 nitrogen and oxygen atoms in total. The lowest BCUT2D eigenvalue weighted by molar-refractivity contribution is -0.130. The van der Waals surface area contributed by atoms with E-state index >= 15 is 0 Å². The van der Waals surface area contributed by atoms with Crippen molar-refractivity contribution in [2.45, 2.75) is 26.1 Å². The second-order valence-corrected chi connectivity index (χ2v) is 10.7. The highest BCUT2D eigenvalue weighted by molar-refractivity contribution is 7.48. The Morgan fingerprint density at radius 3 is 1.17 bits per heavy atom. The van der Waals surface area contributed by atoms with Gasteiger partial charge in [-0.15, -0.1) is 9.05 Å². The highest BCUT2D eigenvalue weighted by atomic mass is 31.1. The van der Waals surface area contributed by atoms with E-state index in [0.29, 0.717) is 10.6 Å². The Bertz CT molecular complexity index is 1230. The second kappa shape index (κ2) is 12.1. The lowest BCUT2D eigenvalue weighted by atomic mass is 10.1. The van der Waals surface area contributed by atoms with E-state index < -0.39 is 34.0 Å². The van der Waals surface area contributed by atoms with Crippen molar-refractivity contribution in [2.75, 3.05) is 0 Å². The van der Waals surface area contributed by atoms with Crippen LogP contribution in [-0.4, -0.2) is 18.0 Å². The summed E-state index contributed by atoms with van der Waals surface area (Å²) in [6.45, 7) is 3.05. The van der Waals surface area contributed by atoms with Crippen LogP contribution in [0.3, 0.4) is 0 Å². The van der Waals surface area contributed by atoms with E-state index in [1.165, 1.54) is 13.8 Å². The third-order valence-corrected chi connectivity index (χ3v) is 8.13. The van der Waals surface area contributed by atoms with E-state index in [1.807, 2.05) is 84.9 Å².